The number of likely N-dealkylation sites (N-methyl/N-ethyl adjacent to an activating group) is 1. The van der Waals surface area contributed by atoms with Crippen LogP contribution in [-0.2, 0) is 4.74 Å². The van der Waals surface area contributed by atoms with Crippen LogP contribution in [-0.4, -0.2) is 37.0 Å². The van der Waals surface area contributed by atoms with E-state index in [0.717, 1.165) is 0 Å². The molecule has 80 valence electrons. The normalized spacial score (nSPS) is 11.9. The molecule has 0 aliphatic heterocycles. The Kier molecular flexibility index (Phi) is 4.01. The summed E-state index contributed by atoms with van der Waals surface area (Å²) in [6.07, 6.45) is 1.51. The average Bonchev–Trinajstić information content (AvgIpc) is 2.28. The van der Waals surface area contributed by atoms with Gasteiger partial charge in [0.15, 0.2) is 5.82 Å². The summed E-state index contributed by atoms with van der Waals surface area (Å²) in [6.45, 7) is 2.58. The zero-order chi connectivity index (χ0) is 11.3. The van der Waals surface area contributed by atoms with Gasteiger partial charge < -0.3 is 9.64 Å². The maximum atomic E-state index is 8.90. The first kappa shape index (κ1) is 11.4. The molecule has 15 heavy (non-hydrogen) atoms. The Morgan fingerprint density at radius 2 is 2.40 bits per heavy atom. The Balaban J connectivity index is 2.91. The molecule has 5 heteroatoms. The van der Waals surface area contributed by atoms with Gasteiger partial charge in [-0.05, 0) is 13.0 Å². The number of methoxy groups -OCH3 is 1. The van der Waals surface area contributed by atoms with E-state index >= 15 is 0 Å². The van der Waals surface area contributed by atoms with Gasteiger partial charge in [0.05, 0.1) is 24.4 Å². The van der Waals surface area contributed by atoms with E-state index < -0.39 is 0 Å². The molecule has 0 amide bonds. The summed E-state index contributed by atoms with van der Waals surface area (Å²) in [5.74, 6) is 0.588. The highest BCUT2D eigenvalue weighted by Gasteiger charge is 2.14. The van der Waals surface area contributed by atoms with E-state index in [1.807, 2.05) is 18.9 Å². The highest BCUT2D eigenvalue weighted by Crippen LogP contribution is 2.15. The minimum absolute atomic E-state index is 0.152. The standard InChI is InChI=1S/C10H14N4O/c1-8(7-15-3)14(2)10-9(6-11)4-5-12-13-10/h4-5,8H,7H2,1-3H3. The molecule has 0 saturated carbocycles. The average molecular weight is 206 g/mol. The Morgan fingerprint density at radius 3 is 3.00 bits per heavy atom. The topological polar surface area (TPSA) is 62.0 Å². The Hall–Kier alpha value is -1.67. The molecular weight excluding hydrogens is 192 g/mol. The van der Waals surface area contributed by atoms with Crippen LogP contribution in [0.25, 0.3) is 0 Å². The summed E-state index contributed by atoms with van der Waals surface area (Å²) in [5.41, 5.74) is 0.524. The number of rotatable bonds is 4. The summed E-state index contributed by atoms with van der Waals surface area (Å²) < 4.78 is 5.05. The van der Waals surface area contributed by atoms with Crippen LogP contribution in [0.5, 0.6) is 0 Å². The van der Waals surface area contributed by atoms with Crippen molar-refractivity contribution in [1.29, 1.82) is 5.26 Å². The molecule has 1 rings (SSSR count). The second-order valence-electron chi connectivity index (χ2n) is 3.30. The zero-order valence-corrected chi connectivity index (χ0v) is 9.14. The fourth-order valence-corrected chi connectivity index (χ4v) is 1.23. The quantitative estimate of drug-likeness (QED) is 0.729. The molecule has 0 N–H and O–H groups in total. The number of hydrogen-bond acceptors (Lipinski definition) is 5. The Bertz CT molecular complexity index is 361. The predicted molar refractivity (Wildman–Crippen MR) is 56.5 cm³/mol. The van der Waals surface area contributed by atoms with Crippen molar-refractivity contribution in [2.45, 2.75) is 13.0 Å². The van der Waals surface area contributed by atoms with E-state index in [1.54, 1.807) is 13.2 Å². The van der Waals surface area contributed by atoms with Crippen molar-refractivity contribution in [3.8, 4) is 6.07 Å². The van der Waals surface area contributed by atoms with Gasteiger partial charge in [-0.15, -0.1) is 5.10 Å². The third-order valence-corrected chi connectivity index (χ3v) is 2.22. The molecule has 1 atom stereocenters. The number of ether oxygens (including phenoxy) is 1. The molecular formula is C10H14N4O. The molecule has 0 aliphatic rings. The Labute approximate surface area is 89.3 Å². The van der Waals surface area contributed by atoms with E-state index in [1.165, 1.54) is 6.20 Å². The van der Waals surface area contributed by atoms with Gasteiger partial charge in [-0.25, -0.2) is 0 Å². The van der Waals surface area contributed by atoms with Crippen molar-refractivity contribution in [1.82, 2.24) is 10.2 Å². The highest BCUT2D eigenvalue weighted by molar-refractivity contribution is 5.52. The van der Waals surface area contributed by atoms with Gasteiger partial charge in [0.1, 0.15) is 6.07 Å². The molecule has 5 nitrogen and oxygen atoms in total. The number of anilines is 1. The number of nitrogens with zero attached hydrogens (tertiary/aromatic N) is 4. The fourth-order valence-electron chi connectivity index (χ4n) is 1.23. The molecule has 0 aliphatic carbocycles. The number of hydrogen-bond donors (Lipinski definition) is 0. The molecule has 1 unspecified atom stereocenters. The molecule has 0 radical (unpaired) electrons. The van der Waals surface area contributed by atoms with E-state index in [4.69, 9.17) is 10.00 Å². The first-order valence-corrected chi connectivity index (χ1v) is 4.64. The minimum Gasteiger partial charge on any atom is -0.383 e. The van der Waals surface area contributed by atoms with Crippen LogP contribution in [0.4, 0.5) is 5.82 Å². The third-order valence-electron chi connectivity index (χ3n) is 2.22. The van der Waals surface area contributed by atoms with E-state index in [0.29, 0.717) is 18.0 Å². The van der Waals surface area contributed by atoms with Gasteiger partial charge in [0, 0.05) is 14.2 Å². The summed E-state index contributed by atoms with van der Waals surface area (Å²) in [7, 11) is 3.51. The van der Waals surface area contributed by atoms with Gasteiger partial charge in [0.2, 0.25) is 0 Å². The molecule has 1 aromatic rings. The third kappa shape index (κ3) is 2.64. The molecule has 0 fully saturated rings. The highest BCUT2D eigenvalue weighted by atomic mass is 16.5. The van der Waals surface area contributed by atoms with Crippen molar-refractivity contribution in [2.75, 3.05) is 25.7 Å². The second kappa shape index (κ2) is 5.27. The van der Waals surface area contributed by atoms with E-state index in [9.17, 15) is 0 Å². The fraction of sp³-hybridized carbons (Fsp3) is 0.500. The molecule has 0 saturated heterocycles. The lowest BCUT2D eigenvalue weighted by molar-refractivity contribution is 0.183. The lowest BCUT2D eigenvalue weighted by Gasteiger charge is -2.25. The van der Waals surface area contributed by atoms with Crippen molar-refractivity contribution in [2.24, 2.45) is 0 Å². The summed E-state index contributed by atoms with van der Waals surface area (Å²) in [5, 5.41) is 16.6. The molecule has 0 aromatic carbocycles. The molecule has 1 aromatic heterocycles. The summed E-state index contributed by atoms with van der Waals surface area (Å²) in [4.78, 5) is 1.88. The lowest BCUT2D eigenvalue weighted by Crippen LogP contribution is -2.33. The molecule has 0 spiro atoms. The van der Waals surface area contributed by atoms with Crippen molar-refractivity contribution >= 4 is 5.82 Å². The maximum Gasteiger partial charge on any atom is 0.169 e. The monoisotopic (exact) mass is 206 g/mol. The SMILES string of the molecule is COCC(C)N(C)c1nnccc1C#N. The smallest absolute Gasteiger partial charge is 0.169 e. The van der Waals surface area contributed by atoms with E-state index in [-0.39, 0.29) is 6.04 Å². The molecule has 1 heterocycles. The van der Waals surface area contributed by atoms with Crippen LogP contribution < -0.4 is 4.90 Å². The van der Waals surface area contributed by atoms with Gasteiger partial charge in [-0.2, -0.15) is 10.4 Å². The number of nitriles is 1. The lowest BCUT2D eigenvalue weighted by atomic mass is 10.2. The van der Waals surface area contributed by atoms with Crippen molar-refractivity contribution < 1.29 is 4.74 Å². The van der Waals surface area contributed by atoms with E-state index in [2.05, 4.69) is 16.3 Å². The van der Waals surface area contributed by atoms with Crippen LogP contribution in [0.15, 0.2) is 12.3 Å². The summed E-state index contributed by atoms with van der Waals surface area (Å²) >= 11 is 0. The van der Waals surface area contributed by atoms with Crippen LogP contribution in [0.2, 0.25) is 0 Å². The first-order valence-electron chi connectivity index (χ1n) is 4.64. The van der Waals surface area contributed by atoms with Gasteiger partial charge in [-0.3, -0.25) is 0 Å². The van der Waals surface area contributed by atoms with Gasteiger partial charge in [0.25, 0.3) is 0 Å². The maximum absolute atomic E-state index is 8.90. The van der Waals surface area contributed by atoms with Crippen LogP contribution in [0.1, 0.15) is 12.5 Å². The first-order chi connectivity index (χ1) is 7.20. The second-order valence-corrected chi connectivity index (χ2v) is 3.30. The van der Waals surface area contributed by atoms with Crippen LogP contribution >= 0.6 is 0 Å². The van der Waals surface area contributed by atoms with Crippen molar-refractivity contribution in [3.63, 3.8) is 0 Å². The zero-order valence-electron chi connectivity index (χ0n) is 9.14. The predicted octanol–water partition coefficient (Wildman–Crippen LogP) is 0.819. The van der Waals surface area contributed by atoms with Gasteiger partial charge >= 0.3 is 0 Å². The summed E-state index contributed by atoms with van der Waals surface area (Å²) in [6, 6.07) is 3.89. The number of aromatic nitrogens is 2. The Morgan fingerprint density at radius 1 is 1.67 bits per heavy atom. The van der Waals surface area contributed by atoms with Crippen LogP contribution in [0, 0.1) is 11.3 Å². The van der Waals surface area contributed by atoms with Crippen molar-refractivity contribution in [3.05, 3.63) is 17.8 Å². The van der Waals surface area contributed by atoms with Gasteiger partial charge in [-0.1, -0.05) is 0 Å². The minimum atomic E-state index is 0.152. The molecule has 0 bridgehead atoms. The van der Waals surface area contributed by atoms with Crippen LogP contribution in [0.3, 0.4) is 0 Å². The largest absolute Gasteiger partial charge is 0.383 e.